The highest BCUT2D eigenvalue weighted by molar-refractivity contribution is 5.70. The van der Waals surface area contributed by atoms with Crippen molar-refractivity contribution < 1.29 is 0 Å². The molecule has 0 aliphatic rings. The number of para-hydroxylation sites is 2. The van der Waals surface area contributed by atoms with Gasteiger partial charge in [-0.25, -0.2) is 9.97 Å². The second-order valence-corrected chi connectivity index (χ2v) is 10.1. The number of nitrogens with one attached hydrogen (secondary N) is 3. The molecule has 0 amide bonds. The van der Waals surface area contributed by atoms with E-state index in [1.165, 1.54) is 0 Å². The van der Waals surface area contributed by atoms with Crippen molar-refractivity contribution >= 4 is 28.7 Å². The largest absolute Gasteiger partial charge is 0.384 e. The van der Waals surface area contributed by atoms with E-state index in [0.717, 1.165) is 69.6 Å². The standard InChI is InChI=1S/C29H32N10/c1-18(16-30-22-11-7-5-8-12-22)26-32-28-24(20(3)34-38(28)36-26)15-25-21(4)35-39-29(25)33-27(37-39)19(2)17-31-23-13-9-6-10-14-23/h5-15,18-19,30-31,34H,16-17H2,1-4H3. The Balaban J connectivity index is 1.26. The smallest absolute Gasteiger partial charge is 0.185 e. The third-order valence-electron chi connectivity index (χ3n) is 6.97. The molecule has 0 spiro atoms. The summed E-state index contributed by atoms with van der Waals surface area (Å²) in [5.74, 6) is 1.79. The molecule has 10 nitrogen and oxygen atoms in total. The number of anilines is 2. The van der Waals surface area contributed by atoms with Crippen molar-refractivity contribution in [2.45, 2.75) is 39.5 Å². The van der Waals surface area contributed by atoms with Gasteiger partial charge in [0.25, 0.3) is 0 Å². The number of benzene rings is 2. The maximum atomic E-state index is 4.90. The molecule has 0 radical (unpaired) electrons. The van der Waals surface area contributed by atoms with Crippen molar-refractivity contribution in [3.63, 3.8) is 0 Å². The Morgan fingerprint density at radius 1 is 0.769 bits per heavy atom. The average molecular weight is 521 g/mol. The van der Waals surface area contributed by atoms with Gasteiger partial charge in [-0.05, 0) is 44.2 Å². The monoisotopic (exact) mass is 520 g/mol. The first-order valence-electron chi connectivity index (χ1n) is 13.2. The van der Waals surface area contributed by atoms with Gasteiger partial charge in [-0.1, -0.05) is 50.2 Å². The van der Waals surface area contributed by atoms with Gasteiger partial charge in [0.15, 0.2) is 22.9 Å². The van der Waals surface area contributed by atoms with Gasteiger partial charge in [-0.15, -0.1) is 14.8 Å². The van der Waals surface area contributed by atoms with Crippen LogP contribution in [0.2, 0.25) is 0 Å². The van der Waals surface area contributed by atoms with Crippen molar-refractivity contribution in [3.8, 4) is 0 Å². The zero-order chi connectivity index (χ0) is 26.9. The SMILES string of the molecule is Cc1[nH]n2nc(C(C)CNc3ccccc3)nc2c1C=c1c(C)nn2nc(C(C)CNc3ccccc3)nc12. The quantitative estimate of drug-likeness (QED) is 0.263. The lowest BCUT2D eigenvalue weighted by atomic mass is 10.1. The molecule has 0 saturated heterocycles. The molecule has 10 heteroatoms. The molecule has 0 aliphatic heterocycles. The minimum Gasteiger partial charge on any atom is -0.384 e. The Morgan fingerprint density at radius 3 is 1.95 bits per heavy atom. The van der Waals surface area contributed by atoms with E-state index in [1.54, 1.807) is 9.26 Å². The van der Waals surface area contributed by atoms with E-state index in [0.29, 0.717) is 0 Å². The predicted octanol–water partition coefficient (Wildman–Crippen LogP) is 4.09. The number of fused-ring (bicyclic) bond motifs is 2. The number of hydrogen-bond donors (Lipinski definition) is 3. The highest BCUT2D eigenvalue weighted by Crippen LogP contribution is 2.20. The fourth-order valence-electron chi connectivity index (χ4n) is 4.62. The lowest BCUT2D eigenvalue weighted by Crippen LogP contribution is -2.12. The molecule has 0 aliphatic carbocycles. The van der Waals surface area contributed by atoms with Crippen molar-refractivity contribution in [1.29, 1.82) is 0 Å². The van der Waals surface area contributed by atoms with Crippen molar-refractivity contribution in [3.05, 3.63) is 94.5 Å². The minimum atomic E-state index is 0.116. The lowest BCUT2D eigenvalue weighted by Gasteiger charge is -2.10. The Kier molecular flexibility index (Phi) is 6.44. The molecule has 2 unspecified atom stereocenters. The van der Waals surface area contributed by atoms with Gasteiger partial charge in [-0.3, -0.25) is 5.10 Å². The van der Waals surface area contributed by atoms with E-state index in [2.05, 4.69) is 70.1 Å². The first-order chi connectivity index (χ1) is 19.0. The van der Waals surface area contributed by atoms with E-state index >= 15 is 0 Å². The number of hydrogen-bond acceptors (Lipinski definition) is 7. The number of nitrogens with zero attached hydrogens (tertiary/aromatic N) is 7. The summed E-state index contributed by atoms with van der Waals surface area (Å²) in [5, 5.41) is 25.2. The normalized spacial score (nSPS) is 13.8. The first-order valence-corrected chi connectivity index (χ1v) is 13.2. The second-order valence-electron chi connectivity index (χ2n) is 10.1. The van der Waals surface area contributed by atoms with Gasteiger partial charge in [0.2, 0.25) is 0 Å². The molecule has 2 aromatic carbocycles. The van der Waals surface area contributed by atoms with Crippen LogP contribution in [0, 0.1) is 13.8 Å². The van der Waals surface area contributed by atoms with Crippen LogP contribution in [-0.4, -0.2) is 52.7 Å². The van der Waals surface area contributed by atoms with E-state index in [9.17, 15) is 0 Å². The number of H-pyrrole nitrogens is 1. The summed E-state index contributed by atoms with van der Waals surface area (Å²) in [6.07, 6.45) is 2.09. The molecule has 39 heavy (non-hydrogen) atoms. The Labute approximate surface area is 226 Å². The fourth-order valence-corrected chi connectivity index (χ4v) is 4.62. The van der Waals surface area contributed by atoms with Gasteiger partial charge in [0.1, 0.15) is 0 Å². The third-order valence-corrected chi connectivity index (χ3v) is 6.97. The minimum absolute atomic E-state index is 0.116. The van der Waals surface area contributed by atoms with E-state index in [-0.39, 0.29) is 11.8 Å². The Morgan fingerprint density at radius 2 is 1.33 bits per heavy atom. The highest BCUT2D eigenvalue weighted by Gasteiger charge is 2.19. The van der Waals surface area contributed by atoms with E-state index < -0.39 is 0 Å². The lowest BCUT2D eigenvalue weighted by molar-refractivity contribution is 0.702. The molecule has 198 valence electrons. The maximum absolute atomic E-state index is 4.90. The highest BCUT2D eigenvalue weighted by atomic mass is 15.5. The molecule has 0 fully saturated rings. The summed E-state index contributed by atoms with van der Waals surface area (Å²) in [6.45, 7) is 9.72. The molecule has 6 aromatic rings. The van der Waals surface area contributed by atoms with Gasteiger partial charge in [-0.2, -0.15) is 9.73 Å². The number of aryl methyl sites for hydroxylation is 2. The predicted molar refractivity (Wildman–Crippen MR) is 153 cm³/mol. The van der Waals surface area contributed by atoms with Crippen molar-refractivity contribution in [2.75, 3.05) is 23.7 Å². The summed E-state index contributed by atoms with van der Waals surface area (Å²) in [7, 11) is 0. The molecule has 0 saturated carbocycles. The fraction of sp³-hybridized carbons (Fsp3) is 0.276. The van der Waals surface area contributed by atoms with Crippen LogP contribution in [0.15, 0.2) is 60.7 Å². The Bertz CT molecular complexity index is 1760. The van der Waals surface area contributed by atoms with Crippen molar-refractivity contribution in [2.24, 2.45) is 0 Å². The maximum Gasteiger partial charge on any atom is 0.185 e. The second kappa shape index (κ2) is 10.2. The molecular weight excluding hydrogens is 488 g/mol. The van der Waals surface area contributed by atoms with Crippen LogP contribution in [0.25, 0.3) is 17.4 Å². The molecule has 4 heterocycles. The van der Waals surface area contributed by atoms with Crippen LogP contribution < -0.4 is 15.9 Å². The van der Waals surface area contributed by atoms with Crippen LogP contribution in [0.3, 0.4) is 0 Å². The van der Waals surface area contributed by atoms with Gasteiger partial charge < -0.3 is 10.6 Å². The zero-order valence-electron chi connectivity index (χ0n) is 22.6. The first kappa shape index (κ1) is 24.6. The van der Waals surface area contributed by atoms with Crippen LogP contribution in [-0.2, 0) is 0 Å². The van der Waals surface area contributed by atoms with Crippen LogP contribution in [0.4, 0.5) is 11.4 Å². The van der Waals surface area contributed by atoms with E-state index in [4.69, 9.17) is 15.1 Å². The zero-order valence-corrected chi connectivity index (χ0v) is 22.6. The molecule has 6 rings (SSSR count). The summed E-state index contributed by atoms with van der Waals surface area (Å²) >= 11 is 0. The molecule has 3 N–H and O–H groups in total. The number of rotatable bonds is 9. The summed E-state index contributed by atoms with van der Waals surface area (Å²) in [5.41, 5.74) is 6.51. The third kappa shape index (κ3) is 4.93. The molecule has 4 aromatic heterocycles. The summed E-state index contributed by atoms with van der Waals surface area (Å²) in [6, 6.07) is 20.3. The molecular formula is C29H32N10. The van der Waals surface area contributed by atoms with Crippen molar-refractivity contribution in [1.82, 2.24) is 39.6 Å². The van der Waals surface area contributed by atoms with Gasteiger partial charge in [0, 0.05) is 52.8 Å². The number of aromatic nitrogens is 8. The van der Waals surface area contributed by atoms with Crippen LogP contribution >= 0.6 is 0 Å². The molecule has 2 atom stereocenters. The molecule has 0 bridgehead atoms. The van der Waals surface area contributed by atoms with Crippen LogP contribution in [0.5, 0.6) is 0 Å². The Hall–Kier alpha value is -4.73. The summed E-state index contributed by atoms with van der Waals surface area (Å²) < 4.78 is 3.40. The van der Waals surface area contributed by atoms with Gasteiger partial charge >= 0.3 is 0 Å². The number of aromatic amines is 1. The van der Waals surface area contributed by atoms with Crippen LogP contribution in [0.1, 0.15) is 54.3 Å². The van der Waals surface area contributed by atoms with E-state index in [1.807, 2.05) is 50.2 Å². The van der Waals surface area contributed by atoms with Gasteiger partial charge in [0.05, 0.1) is 5.69 Å². The average Bonchev–Trinajstić information content (AvgIpc) is 3.69. The summed E-state index contributed by atoms with van der Waals surface area (Å²) in [4.78, 5) is 9.78. The topological polar surface area (TPSA) is 113 Å².